The van der Waals surface area contributed by atoms with E-state index in [0.29, 0.717) is 18.1 Å². The van der Waals surface area contributed by atoms with Crippen LogP contribution in [0.2, 0.25) is 0 Å². The summed E-state index contributed by atoms with van der Waals surface area (Å²) in [5.41, 5.74) is 2.76. The molecule has 1 aliphatic heterocycles. The van der Waals surface area contributed by atoms with Gasteiger partial charge in [-0.2, -0.15) is 0 Å². The normalized spacial score (nSPS) is 17.6. The van der Waals surface area contributed by atoms with Crippen LogP contribution in [0.1, 0.15) is 38.2 Å². The number of aromatic nitrogens is 3. The molecule has 3 aromatic rings. The van der Waals surface area contributed by atoms with Crippen LogP contribution < -0.4 is 15.5 Å². The van der Waals surface area contributed by atoms with Crippen molar-refractivity contribution in [2.24, 2.45) is 5.92 Å². The molecular weight excluding hydrogens is 392 g/mol. The van der Waals surface area contributed by atoms with Crippen LogP contribution in [0.15, 0.2) is 42.6 Å². The molecule has 4 rings (SSSR count). The summed E-state index contributed by atoms with van der Waals surface area (Å²) in [6.07, 6.45) is 2.30. The molecule has 0 unspecified atom stereocenters. The zero-order valence-corrected chi connectivity index (χ0v) is 18.2. The van der Waals surface area contributed by atoms with E-state index in [9.17, 15) is 9.59 Å². The van der Waals surface area contributed by atoms with Crippen molar-refractivity contribution in [2.45, 2.75) is 45.3 Å². The largest absolute Gasteiger partial charge is 0.343 e. The Morgan fingerprint density at radius 2 is 1.94 bits per heavy atom. The molecule has 8 nitrogen and oxygen atoms in total. The predicted octanol–water partition coefficient (Wildman–Crippen LogP) is 2.34. The molecule has 3 heterocycles. The van der Waals surface area contributed by atoms with E-state index in [0.717, 1.165) is 16.6 Å². The number of aromatic amines is 1. The highest BCUT2D eigenvalue weighted by Gasteiger charge is 2.41. The Kier molecular flexibility index (Phi) is 5.73. The number of hydrogen-bond acceptors (Lipinski definition) is 5. The number of benzene rings is 1. The Morgan fingerprint density at radius 3 is 2.65 bits per heavy atom. The van der Waals surface area contributed by atoms with Crippen LogP contribution in [0.25, 0.3) is 11.0 Å². The zero-order valence-electron chi connectivity index (χ0n) is 18.2. The number of carbonyl (C=O) groups is 2. The Bertz CT molecular complexity index is 1080. The second kappa shape index (κ2) is 8.47. The van der Waals surface area contributed by atoms with E-state index < -0.39 is 12.1 Å². The summed E-state index contributed by atoms with van der Waals surface area (Å²) in [5.74, 6) is 0.846. The number of likely N-dealkylation sites (N-methyl/N-ethyl adjacent to an activating group) is 1. The minimum absolute atomic E-state index is 0.0930. The second-order valence-electron chi connectivity index (χ2n) is 8.29. The van der Waals surface area contributed by atoms with Crippen LogP contribution in [0.5, 0.6) is 0 Å². The van der Waals surface area contributed by atoms with Crippen LogP contribution in [-0.4, -0.2) is 45.9 Å². The smallest absolute Gasteiger partial charge is 0.251 e. The molecule has 0 saturated carbocycles. The lowest BCUT2D eigenvalue weighted by Crippen LogP contribution is -2.55. The van der Waals surface area contributed by atoms with E-state index in [2.05, 4.69) is 20.6 Å². The Morgan fingerprint density at radius 1 is 1.16 bits per heavy atom. The van der Waals surface area contributed by atoms with E-state index in [1.807, 2.05) is 50.2 Å². The van der Waals surface area contributed by atoms with Crippen LogP contribution in [0, 0.1) is 5.92 Å². The van der Waals surface area contributed by atoms with Gasteiger partial charge < -0.3 is 15.6 Å². The monoisotopic (exact) mass is 420 g/mol. The lowest BCUT2D eigenvalue weighted by Gasteiger charge is -2.30. The standard InChI is InChI=1S/C23H28N6O2/c1-13(2)19(28-22(30)14(3)24-4)23(31)29-18(12-15-8-7-11-25-21(15)29)20-26-16-9-5-6-10-17(16)27-20/h5-11,13-14,18-19,24H,12H2,1-4H3,(H,26,27)(H,28,30)/t14-,18+,19-/m0/s1. The van der Waals surface area contributed by atoms with E-state index in [4.69, 9.17) is 4.98 Å². The minimum atomic E-state index is -0.678. The molecule has 31 heavy (non-hydrogen) atoms. The van der Waals surface area contributed by atoms with Crippen LogP contribution >= 0.6 is 0 Å². The Hall–Kier alpha value is -3.26. The summed E-state index contributed by atoms with van der Waals surface area (Å²) in [4.78, 5) is 40.7. The summed E-state index contributed by atoms with van der Waals surface area (Å²) in [6, 6.07) is 10.3. The van der Waals surface area contributed by atoms with Crippen LogP contribution in [0.4, 0.5) is 5.82 Å². The average Bonchev–Trinajstić information content (AvgIpc) is 3.37. The van der Waals surface area contributed by atoms with Crippen molar-refractivity contribution in [3.05, 3.63) is 54.0 Å². The first-order chi connectivity index (χ1) is 14.9. The molecular formula is C23H28N6O2. The van der Waals surface area contributed by atoms with Gasteiger partial charge in [-0.05, 0) is 43.7 Å². The molecule has 0 spiro atoms. The molecule has 8 heteroatoms. The summed E-state index contributed by atoms with van der Waals surface area (Å²) >= 11 is 0. The van der Waals surface area contributed by atoms with Crippen molar-refractivity contribution in [1.82, 2.24) is 25.6 Å². The SMILES string of the molecule is CN[C@@H](C)C(=O)N[C@H](C(=O)N1c2ncccc2C[C@@H]1c1nc2ccccc2[nH]1)C(C)C. The maximum Gasteiger partial charge on any atom is 0.251 e. The third-order valence-electron chi connectivity index (χ3n) is 5.84. The van der Waals surface area contributed by atoms with Crippen LogP contribution in [0.3, 0.4) is 0 Å². The van der Waals surface area contributed by atoms with Gasteiger partial charge in [-0.1, -0.05) is 32.0 Å². The molecule has 0 fully saturated rings. The summed E-state index contributed by atoms with van der Waals surface area (Å²) in [6.45, 7) is 5.62. The quantitative estimate of drug-likeness (QED) is 0.568. The molecule has 2 aromatic heterocycles. The van der Waals surface area contributed by atoms with E-state index in [1.165, 1.54) is 0 Å². The number of fused-ring (bicyclic) bond motifs is 2. The lowest BCUT2D eigenvalue weighted by molar-refractivity contribution is -0.129. The van der Waals surface area contributed by atoms with Crippen molar-refractivity contribution in [3.8, 4) is 0 Å². The molecule has 1 aromatic carbocycles. The second-order valence-corrected chi connectivity index (χ2v) is 8.29. The number of rotatable bonds is 6. The van der Waals surface area contributed by atoms with Crippen molar-refractivity contribution in [3.63, 3.8) is 0 Å². The number of pyridine rings is 1. The fraction of sp³-hybridized carbons (Fsp3) is 0.391. The maximum atomic E-state index is 13.8. The van der Waals surface area contributed by atoms with E-state index >= 15 is 0 Å². The zero-order chi connectivity index (χ0) is 22.1. The maximum absolute atomic E-state index is 13.8. The topological polar surface area (TPSA) is 103 Å². The summed E-state index contributed by atoms with van der Waals surface area (Å²) in [5, 5.41) is 5.84. The number of imidazole rings is 1. The van der Waals surface area contributed by atoms with Gasteiger partial charge in [-0.15, -0.1) is 0 Å². The molecule has 0 radical (unpaired) electrons. The third kappa shape index (κ3) is 3.90. The van der Waals surface area contributed by atoms with Crippen molar-refractivity contribution in [2.75, 3.05) is 11.9 Å². The van der Waals surface area contributed by atoms with Gasteiger partial charge >= 0.3 is 0 Å². The molecule has 1 aliphatic rings. The average molecular weight is 421 g/mol. The molecule has 2 amide bonds. The van der Waals surface area contributed by atoms with Gasteiger partial charge in [0.2, 0.25) is 5.91 Å². The van der Waals surface area contributed by atoms with Crippen molar-refractivity contribution < 1.29 is 9.59 Å². The molecule has 0 bridgehead atoms. The first-order valence-corrected chi connectivity index (χ1v) is 10.6. The van der Waals surface area contributed by atoms with Gasteiger partial charge in [0.1, 0.15) is 23.7 Å². The molecule has 0 aliphatic carbocycles. The predicted molar refractivity (Wildman–Crippen MR) is 120 cm³/mol. The first kappa shape index (κ1) is 21.0. The van der Waals surface area contributed by atoms with Crippen LogP contribution in [-0.2, 0) is 16.0 Å². The summed E-state index contributed by atoms with van der Waals surface area (Å²) < 4.78 is 0. The van der Waals surface area contributed by atoms with Gasteiger partial charge in [0.15, 0.2) is 0 Å². The number of anilines is 1. The van der Waals surface area contributed by atoms with Crippen molar-refractivity contribution in [1.29, 1.82) is 0 Å². The van der Waals surface area contributed by atoms with E-state index in [-0.39, 0.29) is 23.8 Å². The Labute approximate surface area is 181 Å². The molecule has 162 valence electrons. The fourth-order valence-electron chi connectivity index (χ4n) is 3.93. The highest BCUT2D eigenvalue weighted by Crippen LogP contribution is 2.39. The third-order valence-corrected chi connectivity index (χ3v) is 5.84. The van der Waals surface area contributed by atoms with Crippen molar-refractivity contribution >= 4 is 28.7 Å². The molecule has 3 atom stereocenters. The minimum Gasteiger partial charge on any atom is -0.343 e. The number of hydrogen-bond donors (Lipinski definition) is 3. The lowest BCUT2D eigenvalue weighted by atomic mass is 10.0. The first-order valence-electron chi connectivity index (χ1n) is 10.6. The molecule has 3 N–H and O–H groups in total. The number of para-hydroxylation sites is 2. The van der Waals surface area contributed by atoms with Gasteiger partial charge in [0.25, 0.3) is 5.91 Å². The number of H-pyrrole nitrogens is 1. The Balaban J connectivity index is 1.72. The van der Waals surface area contributed by atoms with Gasteiger partial charge in [0, 0.05) is 12.6 Å². The highest BCUT2D eigenvalue weighted by atomic mass is 16.2. The van der Waals surface area contributed by atoms with E-state index in [1.54, 1.807) is 25.1 Å². The van der Waals surface area contributed by atoms with Gasteiger partial charge in [-0.25, -0.2) is 9.97 Å². The summed E-state index contributed by atoms with van der Waals surface area (Å²) in [7, 11) is 1.72. The van der Waals surface area contributed by atoms with Gasteiger partial charge in [-0.3, -0.25) is 14.5 Å². The number of amides is 2. The number of nitrogens with one attached hydrogen (secondary N) is 3. The van der Waals surface area contributed by atoms with Gasteiger partial charge in [0.05, 0.1) is 17.1 Å². The number of nitrogens with zero attached hydrogens (tertiary/aromatic N) is 3. The fourth-order valence-corrected chi connectivity index (χ4v) is 3.93. The highest BCUT2D eigenvalue weighted by molar-refractivity contribution is 6.01. The number of carbonyl (C=O) groups excluding carboxylic acids is 2. The molecule has 0 saturated heterocycles.